The third-order valence-electron chi connectivity index (χ3n) is 3.71. The van der Waals surface area contributed by atoms with Crippen LogP contribution in [0.3, 0.4) is 0 Å². The van der Waals surface area contributed by atoms with E-state index in [4.69, 9.17) is 4.74 Å². The van der Waals surface area contributed by atoms with Crippen LogP contribution in [-0.2, 0) is 4.74 Å². The fourth-order valence-corrected chi connectivity index (χ4v) is 2.30. The first-order chi connectivity index (χ1) is 8.52. The summed E-state index contributed by atoms with van der Waals surface area (Å²) in [4.78, 5) is 4.88. The molecule has 0 radical (unpaired) electrons. The first-order valence-electron chi connectivity index (χ1n) is 7.29. The van der Waals surface area contributed by atoms with Gasteiger partial charge in [0.1, 0.15) is 0 Å². The van der Waals surface area contributed by atoms with Gasteiger partial charge < -0.3 is 9.84 Å². The predicted octanol–water partition coefficient (Wildman–Crippen LogP) is 1.19. The number of ether oxygens (including phenoxy) is 1. The maximum absolute atomic E-state index is 9.89. The SMILES string of the molecule is CCC(C)N1CCN(CC(O)COC(C)C)CC1. The molecule has 0 bridgehead atoms. The van der Waals surface area contributed by atoms with Gasteiger partial charge in [-0.15, -0.1) is 0 Å². The molecule has 1 aliphatic heterocycles. The smallest absolute Gasteiger partial charge is 0.0900 e. The van der Waals surface area contributed by atoms with Crippen molar-refractivity contribution in [1.29, 1.82) is 0 Å². The van der Waals surface area contributed by atoms with Crippen LogP contribution in [0.25, 0.3) is 0 Å². The molecule has 0 spiro atoms. The van der Waals surface area contributed by atoms with Crippen molar-refractivity contribution in [2.45, 2.75) is 52.4 Å². The van der Waals surface area contributed by atoms with E-state index < -0.39 is 0 Å². The van der Waals surface area contributed by atoms with E-state index in [1.165, 1.54) is 6.42 Å². The molecular weight excluding hydrogens is 228 g/mol. The Morgan fingerprint density at radius 3 is 2.22 bits per heavy atom. The Balaban J connectivity index is 2.18. The topological polar surface area (TPSA) is 35.9 Å². The van der Waals surface area contributed by atoms with Gasteiger partial charge in [0.25, 0.3) is 0 Å². The zero-order chi connectivity index (χ0) is 13.5. The molecule has 4 heteroatoms. The van der Waals surface area contributed by atoms with E-state index in [0.29, 0.717) is 12.6 Å². The van der Waals surface area contributed by atoms with Gasteiger partial charge in [-0.2, -0.15) is 0 Å². The molecule has 18 heavy (non-hydrogen) atoms. The largest absolute Gasteiger partial charge is 0.389 e. The van der Waals surface area contributed by atoms with Gasteiger partial charge in [-0.3, -0.25) is 9.80 Å². The van der Waals surface area contributed by atoms with Crippen LogP contribution < -0.4 is 0 Å². The van der Waals surface area contributed by atoms with Crippen LogP contribution >= 0.6 is 0 Å². The van der Waals surface area contributed by atoms with Crippen LogP contribution in [0.5, 0.6) is 0 Å². The molecule has 0 aromatic carbocycles. The Morgan fingerprint density at radius 2 is 1.72 bits per heavy atom. The highest BCUT2D eigenvalue weighted by atomic mass is 16.5. The molecule has 1 fully saturated rings. The molecule has 2 atom stereocenters. The molecule has 0 aliphatic carbocycles. The van der Waals surface area contributed by atoms with Crippen molar-refractivity contribution in [3.8, 4) is 0 Å². The minimum absolute atomic E-state index is 0.196. The van der Waals surface area contributed by atoms with Crippen LogP contribution in [-0.4, -0.2) is 72.5 Å². The zero-order valence-corrected chi connectivity index (χ0v) is 12.4. The van der Waals surface area contributed by atoms with Crippen molar-refractivity contribution in [2.24, 2.45) is 0 Å². The van der Waals surface area contributed by atoms with Gasteiger partial charge >= 0.3 is 0 Å². The highest BCUT2D eigenvalue weighted by Gasteiger charge is 2.21. The molecule has 1 heterocycles. The van der Waals surface area contributed by atoms with Crippen LogP contribution in [0, 0.1) is 0 Å². The zero-order valence-electron chi connectivity index (χ0n) is 12.4. The summed E-state index contributed by atoms with van der Waals surface area (Å²) in [6.07, 6.45) is 1.05. The third kappa shape index (κ3) is 5.65. The van der Waals surface area contributed by atoms with Crippen LogP contribution in [0.4, 0.5) is 0 Å². The van der Waals surface area contributed by atoms with Gasteiger partial charge in [0.15, 0.2) is 0 Å². The molecule has 108 valence electrons. The van der Waals surface area contributed by atoms with Crippen LogP contribution in [0.1, 0.15) is 34.1 Å². The van der Waals surface area contributed by atoms with Crippen molar-refractivity contribution >= 4 is 0 Å². The Kier molecular flexibility index (Phi) is 7.15. The second kappa shape index (κ2) is 8.10. The monoisotopic (exact) mass is 258 g/mol. The maximum atomic E-state index is 9.89. The summed E-state index contributed by atoms with van der Waals surface area (Å²) in [5, 5.41) is 9.89. The number of hydrogen-bond acceptors (Lipinski definition) is 4. The fraction of sp³-hybridized carbons (Fsp3) is 1.00. The second-order valence-corrected chi connectivity index (χ2v) is 5.63. The van der Waals surface area contributed by atoms with Gasteiger partial charge in [0, 0.05) is 38.8 Å². The summed E-state index contributed by atoms with van der Waals surface area (Å²) in [6, 6.07) is 0.682. The first kappa shape index (κ1) is 15.9. The number of piperazine rings is 1. The average molecular weight is 258 g/mol. The Hall–Kier alpha value is -0.160. The number of β-amino-alcohol motifs (C(OH)–C–C–N with tert-alkyl or cyclic N) is 1. The van der Waals surface area contributed by atoms with Crippen molar-refractivity contribution in [1.82, 2.24) is 9.80 Å². The summed E-state index contributed by atoms with van der Waals surface area (Å²) in [7, 11) is 0. The molecule has 0 aromatic heterocycles. The van der Waals surface area contributed by atoms with E-state index in [0.717, 1.165) is 32.7 Å². The van der Waals surface area contributed by atoms with E-state index in [-0.39, 0.29) is 12.2 Å². The summed E-state index contributed by atoms with van der Waals surface area (Å²) in [6.45, 7) is 14.1. The normalized spacial score (nSPS) is 22.3. The predicted molar refractivity (Wildman–Crippen MR) is 74.9 cm³/mol. The second-order valence-electron chi connectivity index (χ2n) is 5.63. The van der Waals surface area contributed by atoms with Gasteiger partial charge in [0.05, 0.1) is 18.8 Å². The number of aliphatic hydroxyl groups is 1. The Morgan fingerprint density at radius 1 is 1.11 bits per heavy atom. The summed E-state index contributed by atoms with van der Waals surface area (Å²) in [5.74, 6) is 0. The Labute approximate surface area is 112 Å². The number of hydrogen-bond donors (Lipinski definition) is 1. The molecule has 0 amide bonds. The number of aliphatic hydroxyl groups excluding tert-OH is 1. The molecule has 1 N–H and O–H groups in total. The van der Waals surface area contributed by atoms with Gasteiger partial charge in [-0.1, -0.05) is 6.92 Å². The molecular formula is C14H30N2O2. The lowest BCUT2D eigenvalue weighted by Crippen LogP contribution is -2.51. The standard InChI is InChI=1S/C14H30N2O2/c1-5-13(4)16-8-6-15(7-9-16)10-14(17)11-18-12(2)3/h12-14,17H,5-11H2,1-4H3. The van der Waals surface area contributed by atoms with Crippen LogP contribution in [0.2, 0.25) is 0 Å². The molecule has 1 rings (SSSR count). The van der Waals surface area contributed by atoms with E-state index >= 15 is 0 Å². The van der Waals surface area contributed by atoms with E-state index in [2.05, 4.69) is 23.6 Å². The van der Waals surface area contributed by atoms with Crippen molar-refractivity contribution in [3.05, 3.63) is 0 Å². The molecule has 0 saturated carbocycles. The molecule has 4 nitrogen and oxygen atoms in total. The van der Waals surface area contributed by atoms with Crippen LogP contribution in [0.15, 0.2) is 0 Å². The van der Waals surface area contributed by atoms with Gasteiger partial charge in [-0.25, -0.2) is 0 Å². The van der Waals surface area contributed by atoms with E-state index in [9.17, 15) is 5.11 Å². The molecule has 1 saturated heterocycles. The van der Waals surface area contributed by atoms with Crippen molar-refractivity contribution < 1.29 is 9.84 Å². The molecule has 0 aromatic rings. The minimum Gasteiger partial charge on any atom is -0.389 e. The minimum atomic E-state index is -0.359. The number of rotatable bonds is 7. The summed E-state index contributed by atoms with van der Waals surface area (Å²) < 4.78 is 5.43. The highest BCUT2D eigenvalue weighted by molar-refractivity contribution is 4.77. The third-order valence-corrected chi connectivity index (χ3v) is 3.71. The highest BCUT2D eigenvalue weighted by Crippen LogP contribution is 2.09. The average Bonchev–Trinajstić information content (AvgIpc) is 2.36. The van der Waals surface area contributed by atoms with Gasteiger partial charge in [-0.05, 0) is 27.2 Å². The first-order valence-corrected chi connectivity index (χ1v) is 7.29. The molecule has 2 unspecified atom stereocenters. The summed E-state index contributed by atoms with van der Waals surface area (Å²) in [5.41, 5.74) is 0. The summed E-state index contributed by atoms with van der Waals surface area (Å²) >= 11 is 0. The van der Waals surface area contributed by atoms with Gasteiger partial charge in [0.2, 0.25) is 0 Å². The lowest BCUT2D eigenvalue weighted by Gasteiger charge is -2.38. The number of nitrogens with zero attached hydrogens (tertiary/aromatic N) is 2. The van der Waals surface area contributed by atoms with Crippen molar-refractivity contribution in [3.63, 3.8) is 0 Å². The lowest BCUT2D eigenvalue weighted by molar-refractivity contribution is -0.0163. The quantitative estimate of drug-likeness (QED) is 0.744. The van der Waals surface area contributed by atoms with E-state index in [1.807, 2.05) is 13.8 Å². The molecule has 1 aliphatic rings. The van der Waals surface area contributed by atoms with E-state index in [1.54, 1.807) is 0 Å². The lowest BCUT2D eigenvalue weighted by atomic mass is 10.2. The maximum Gasteiger partial charge on any atom is 0.0900 e. The van der Waals surface area contributed by atoms with Crippen molar-refractivity contribution in [2.75, 3.05) is 39.3 Å². The fourth-order valence-electron chi connectivity index (χ4n) is 2.30. The Bertz CT molecular complexity index is 216.